The van der Waals surface area contributed by atoms with Gasteiger partial charge in [-0.2, -0.15) is 0 Å². The molecule has 0 aliphatic rings. The molecule has 0 fully saturated rings. The van der Waals surface area contributed by atoms with E-state index in [4.69, 9.17) is 37.0 Å². The molecule has 5 atom stereocenters. The number of ether oxygens (including phenoxy) is 4. The number of unbranched alkanes of at least 4 members (excludes halogenated alkanes) is 48. The summed E-state index contributed by atoms with van der Waals surface area (Å²) in [6.07, 6.45) is 59.6. The Morgan fingerprint density at radius 3 is 0.694 bits per heavy atom. The first-order valence-corrected chi connectivity index (χ1v) is 44.0. The van der Waals surface area contributed by atoms with Gasteiger partial charge in [-0.1, -0.05) is 363 Å². The fourth-order valence-electron chi connectivity index (χ4n) is 12.2. The van der Waals surface area contributed by atoms with Crippen molar-refractivity contribution in [2.45, 2.75) is 432 Å². The first-order chi connectivity index (χ1) is 47.4. The first kappa shape index (κ1) is 96.1. The van der Waals surface area contributed by atoms with Crippen molar-refractivity contribution in [1.29, 1.82) is 0 Å². The minimum Gasteiger partial charge on any atom is -0.462 e. The Bertz CT molecular complexity index is 1890. The van der Waals surface area contributed by atoms with Gasteiger partial charge >= 0.3 is 39.5 Å². The van der Waals surface area contributed by atoms with E-state index >= 15 is 0 Å². The maximum atomic E-state index is 13.1. The largest absolute Gasteiger partial charge is 0.472 e. The average molecular weight is 1440 g/mol. The lowest BCUT2D eigenvalue weighted by molar-refractivity contribution is -0.161. The molecule has 0 rings (SSSR count). The number of rotatable bonds is 78. The third kappa shape index (κ3) is 72.4. The minimum atomic E-state index is -4.96. The zero-order valence-corrected chi connectivity index (χ0v) is 65.9. The summed E-state index contributed by atoms with van der Waals surface area (Å²) in [5, 5.41) is 10.6. The van der Waals surface area contributed by atoms with Crippen molar-refractivity contribution >= 4 is 39.5 Å². The van der Waals surface area contributed by atoms with Gasteiger partial charge in [0.05, 0.1) is 26.4 Å². The number of aliphatic hydroxyl groups is 1. The first-order valence-electron chi connectivity index (χ1n) is 41.0. The number of phosphoric acid groups is 2. The van der Waals surface area contributed by atoms with E-state index in [2.05, 4.69) is 41.5 Å². The van der Waals surface area contributed by atoms with Gasteiger partial charge in [-0.05, 0) is 37.5 Å². The van der Waals surface area contributed by atoms with Crippen molar-refractivity contribution < 1.29 is 80.2 Å². The van der Waals surface area contributed by atoms with Crippen LogP contribution in [0.15, 0.2) is 0 Å². The van der Waals surface area contributed by atoms with E-state index in [9.17, 15) is 43.2 Å². The third-order valence-corrected chi connectivity index (χ3v) is 20.4. The highest BCUT2D eigenvalue weighted by atomic mass is 31.2. The van der Waals surface area contributed by atoms with Gasteiger partial charge < -0.3 is 33.8 Å². The van der Waals surface area contributed by atoms with Gasteiger partial charge in [0.2, 0.25) is 0 Å². The Morgan fingerprint density at radius 2 is 0.469 bits per heavy atom. The fourth-order valence-corrected chi connectivity index (χ4v) is 13.8. The Hall–Kier alpha value is -1.94. The van der Waals surface area contributed by atoms with Gasteiger partial charge in [0.1, 0.15) is 19.3 Å². The molecule has 0 spiro atoms. The molecule has 582 valence electrons. The van der Waals surface area contributed by atoms with Crippen molar-refractivity contribution in [1.82, 2.24) is 0 Å². The zero-order valence-electron chi connectivity index (χ0n) is 64.1. The van der Waals surface area contributed by atoms with Crippen LogP contribution in [0.25, 0.3) is 0 Å². The summed E-state index contributed by atoms with van der Waals surface area (Å²) < 4.78 is 68.7. The van der Waals surface area contributed by atoms with Crippen molar-refractivity contribution in [3.63, 3.8) is 0 Å². The van der Waals surface area contributed by atoms with Gasteiger partial charge in [0.15, 0.2) is 12.2 Å². The highest BCUT2D eigenvalue weighted by molar-refractivity contribution is 7.47. The number of aliphatic hydroxyl groups excluding tert-OH is 1. The molecule has 2 unspecified atom stereocenters. The summed E-state index contributed by atoms with van der Waals surface area (Å²) in [5.41, 5.74) is 0. The molecule has 0 radical (unpaired) electrons. The van der Waals surface area contributed by atoms with Gasteiger partial charge in [0.25, 0.3) is 0 Å². The summed E-state index contributed by atoms with van der Waals surface area (Å²) in [6.45, 7) is 9.62. The van der Waals surface area contributed by atoms with Crippen LogP contribution in [0, 0.1) is 11.8 Å². The topological polar surface area (TPSA) is 237 Å². The van der Waals surface area contributed by atoms with Gasteiger partial charge in [-0.3, -0.25) is 37.3 Å². The summed E-state index contributed by atoms with van der Waals surface area (Å²) in [4.78, 5) is 73.0. The zero-order chi connectivity index (χ0) is 72.1. The minimum absolute atomic E-state index is 0.106. The van der Waals surface area contributed by atoms with E-state index in [0.717, 1.165) is 102 Å². The Labute approximate surface area is 600 Å². The van der Waals surface area contributed by atoms with Crippen LogP contribution in [0.2, 0.25) is 0 Å². The van der Waals surface area contributed by atoms with Crippen LogP contribution in [-0.2, 0) is 65.4 Å². The van der Waals surface area contributed by atoms with Crippen LogP contribution in [0.1, 0.15) is 414 Å². The van der Waals surface area contributed by atoms with Crippen molar-refractivity contribution in [3.05, 3.63) is 0 Å². The molecule has 0 heterocycles. The Kier molecular flexibility index (Phi) is 69.3. The van der Waals surface area contributed by atoms with Gasteiger partial charge in [-0.25, -0.2) is 9.13 Å². The van der Waals surface area contributed by atoms with Crippen molar-refractivity contribution in [2.75, 3.05) is 39.6 Å². The van der Waals surface area contributed by atoms with E-state index in [1.807, 2.05) is 0 Å². The Morgan fingerprint density at radius 1 is 0.276 bits per heavy atom. The third-order valence-electron chi connectivity index (χ3n) is 18.5. The highest BCUT2D eigenvalue weighted by Crippen LogP contribution is 2.45. The van der Waals surface area contributed by atoms with Gasteiger partial charge in [0, 0.05) is 25.7 Å². The number of hydrogen-bond donors (Lipinski definition) is 3. The number of esters is 4. The standard InChI is InChI=1S/C79H154O17P2/c1-7-9-11-13-15-17-19-21-22-23-24-25-26-27-31-39-45-51-57-63-78(83)95-74(67-90-77(82)62-56-50-44-38-32-28-29-35-41-47-53-59-71(3)4)69-93-97(85,86)91-65-73(80)66-92-98(87,88)94-70-75(68-89-76(81)61-55-49-43-37-30-20-18-16-14-12-10-8-2)96-79(84)64-58-52-46-40-34-33-36-42-48-54-60-72(5)6/h71-75,80H,7-70H2,1-6H3,(H,85,86)(H,87,88)/t73-,74-,75-/m1/s1. The average Bonchev–Trinajstić information content (AvgIpc) is 1.01. The molecule has 0 aromatic rings. The summed E-state index contributed by atoms with van der Waals surface area (Å²) in [7, 11) is -9.92. The maximum absolute atomic E-state index is 13.1. The molecule has 0 aliphatic carbocycles. The molecule has 0 aromatic carbocycles. The SMILES string of the molecule is CCCCCCCCCCCCCCCCCCCCCC(=O)O[C@H](COC(=O)CCCCCCCCCCCCCC(C)C)COP(=O)(O)OC[C@@H](O)COP(=O)(O)OC[C@@H](COC(=O)CCCCCCCCCCCCCC)OC(=O)CCCCCCCCCCCCC(C)C. The molecule has 0 saturated carbocycles. The molecule has 19 heteroatoms. The van der Waals surface area contributed by atoms with Crippen LogP contribution in [0.3, 0.4) is 0 Å². The monoisotopic (exact) mass is 1440 g/mol. The summed E-state index contributed by atoms with van der Waals surface area (Å²) in [6, 6.07) is 0. The van der Waals surface area contributed by atoms with Crippen LogP contribution in [0.4, 0.5) is 0 Å². The fraction of sp³-hybridized carbons (Fsp3) is 0.949. The van der Waals surface area contributed by atoms with Crippen LogP contribution < -0.4 is 0 Å². The molecule has 98 heavy (non-hydrogen) atoms. The number of phosphoric ester groups is 2. The van der Waals surface area contributed by atoms with Crippen LogP contribution >= 0.6 is 15.6 Å². The molecule has 0 bridgehead atoms. The predicted molar refractivity (Wildman–Crippen MR) is 400 cm³/mol. The number of hydrogen-bond acceptors (Lipinski definition) is 15. The van der Waals surface area contributed by atoms with Crippen molar-refractivity contribution in [2.24, 2.45) is 11.8 Å². The Balaban J connectivity index is 5.25. The summed E-state index contributed by atoms with van der Waals surface area (Å²) in [5.74, 6) is -0.587. The quantitative estimate of drug-likeness (QED) is 0.0222. The van der Waals surface area contributed by atoms with E-state index < -0.39 is 97.5 Å². The normalized spacial score (nSPS) is 13.9. The van der Waals surface area contributed by atoms with E-state index in [0.29, 0.717) is 25.7 Å². The van der Waals surface area contributed by atoms with E-state index in [-0.39, 0.29) is 25.7 Å². The maximum Gasteiger partial charge on any atom is 0.472 e. The lowest BCUT2D eigenvalue weighted by Gasteiger charge is -2.21. The predicted octanol–water partition coefficient (Wildman–Crippen LogP) is 23.5. The molecule has 0 aliphatic heterocycles. The second-order valence-corrected chi connectivity index (χ2v) is 32.3. The lowest BCUT2D eigenvalue weighted by Crippen LogP contribution is -2.30. The molecule has 0 amide bonds. The van der Waals surface area contributed by atoms with Crippen LogP contribution in [0.5, 0.6) is 0 Å². The highest BCUT2D eigenvalue weighted by Gasteiger charge is 2.30. The second kappa shape index (κ2) is 70.7. The number of carbonyl (C=O) groups is 4. The van der Waals surface area contributed by atoms with Crippen LogP contribution in [-0.4, -0.2) is 96.7 Å². The lowest BCUT2D eigenvalue weighted by atomic mass is 10.0. The molecule has 0 saturated heterocycles. The van der Waals surface area contributed by atoms with Crippen molar-refractivity contribution in [3.8, 4) is 0 Å². The van der Waals surface area contributed by atoms with E-state index in [1.165, 1.54) is 231 Å². The molecule has 3 N–H and O–H groups in total. The van der Waals surface area contributed by atoms with E-state index in [1.54, 1.807) is 0 Å². The molecule has 0 aromatic heterocycles. The molecule has 17 nitrogen and oxygen atoms in total. The number of carbonyl (C=O) groups excluding carboxylic acids is 4. The second-order valence-electron chi connectivity index (χ2n) is 29.4. The smallest absolute Gasteiger partial charge is 0.462 e. The van der Waals surface area contributed by atoms with Gasteiger partial charge in [-0.15, -0.1) is 0 Å². The molecular weight excluding hydrogens is 1280 g/mol. The molecular formula is C79H154O17P2. The summed E-state index contributed by atoms with van der Waals surface area (Å²) >= 11 is 0.